The van der Waals surface area contributed by atoms with Crippen LogP contribution in [0.3, 0.4) is 0 Å². The molecule has 1 N–H and O–H groups in total. The summed E-state index contributed by atoms with van der Waals surface area (Å²) in [6.45, 7) is 9.82. The van der Waals surface area contributed by atoms with Crippen LogP contribution in [0.5, 0.6) is 0 Å². The number of aliphatic hydroxyl groups excluding tert-OH is 1. The van der Waals surface area contributed by atoms with E-state index in [1.54, 1.807) is 6.92 Å². The number of hydrogen-bond acceptors (Lipinski definition) is 4. The maximum atomic E-state index is 13.0. The maximum Gasteiger partial charge on any atom is 0.294 e. The number of carbonyl (C=O) groups excluding carboxylic acids is 2. The highest BCUT2D eigenvalue weighted by Gasteiger charge is 2.43. The van der Waals surface area contributed by atoms with Crippen molar-refractivity contribution in [2.24, 2.45) is 0 Å². The van der Waals surface area contributed by atoms with Crippen molar-refractivity contribution in [2.75, 3.05) is 22.9 Å². The highest BCUT2D eigenvalue weighted by atomic mass is 16.3. The van der Waals surface area contributed by atoms with Crippen LogP contribution < -0.4 is 9.80 Å². The summed E-state index contributed by atoms with van der Waals surface area (Å²) in [6, 6.07) is 15.0. The van der Waals surface area contributed by atoms with E-state index >= 15 is 0 Å². The Morgan fingerprint density at radius 1 is 0.967 bits per heavy atom. The molecule has 5 heteroatoms. The number of benzene rings is 2. The van der Waals surface area contributed by atoms with Crippen molar-refractivity contribution in [2.45, 2.75) is 46.6 Å². The zero-order chi connectivity index (χ0) is 21.8. The lowest BCUT2D eigenvalue weighted by molar-refractivity contribution is -0.118. The van der Waals surface area contributed by atoms with Crippen LogP contribution in [-0.2, 0) is 16.0 Å². The van der Waals surface area contributed by atoms with Gasteiger partial charge in [0.2, 0.25) is 0 Å². The topological polar surface area (TPSA) is 60.9 Å². The number of anilines is 2. The molecule has 3 rings (SSSR count). The Labute approximate surface area is 178 Å². The Morgan fingerprint density at radius 2 is 1.57 bits per heavy atom. The SMILES string of the molecule is CCC(=O)C1=C(O)C(=O)N(c2ccc(CC)cc2)C1c1ccc(N(CC)CC)cc1. The molecule has 2 aromatic carbocycles. The molecule has 0 radical (unpaired) electrons. The van der Waals surface area contributed by atoms with Gasteiger partial charge in [-0.2, -0.15) is 0 Å². The summed E-state index contributed by atoms with van der Waals surface area (Å²) >= 11 is 0. The third kappa shape index (κ3) is 3.84. The fraction of sp³-hybridized carbons (Fsp3) is 0.360. The molecule has 1 amide bonds. The zero-order valence-corrected chi connectivity index (χ0v) is 18.2. The minimum Gasteiger partial charge on any atom is -0.503 e. The Kier molecular flexibility index (Phi) is 6.60. The minimum atomic E-state index is -0.636. The Bertz CT molecular complexity index is 941. The van der Waals surface area contributed by atoms with Gasteiger partial charge in [0.05, 0.1) is 11.6 Å². The van der Waals surface area contributed by atoms with E-state index in [0.29, 0.717) is 5.69 Å². The Hall–Kier alpha value is -3.08. The molecular weight excluding hydrogens is 376 g/mol. The fourth-order valence-electron chi connectivity index (χ4n) is 4.01. The number of Topliss-reactive ketones (excluding diaryl/α,β-unsaturated/α-hetero) is 1. The van der Waals surface area contributed by atoms with Gasteiger partial charge in [0.25, 0.3) is 5.91 Å². The average Bonchev–Trinajstić information content (AvgIpc) is 3.05. The molecule has 0 bridgehead atoms. The van der Waals surface area contributed by atoms with Gasteiger partial charge in [-0.25, -0.2) is 0 Å². The second kappa shape index (κ2) is 9.16. The van der Waals surface area contributed by atoms with E-state index in [2.05, 4.69) is 25.7 Å². The van der Waals surface area contributed by atoms with Gasteiger partial charge in [-0.15, -0.1) is 0 Å². The third-order valence-electron chi connectivity index (χ3n) is 5.79. The summed E-state index contributed by atoms with van der Waals surface area (Å²) in [5.74, 6) is -1.19. The molecule has 0 fully saturated rings. The Morgan fingerprint density at radius 3 is 2.07 bits per heavy atom. The molecule has 1 aliphatic rings. The van der Waals surface area contributed by atoms with Gasteiger partial charge >= 0.3 is 0 Å². The van der Waals surface area contributed by atoms with E-state index in [-0.39, 0.29) is 17.8 Å². The van der Waals surface area contributed by atoms with E-state index in [1.165, 1.54) is 4.90 Å². The molecule has 2 aromatic rings. The number of amides is 1. The lowest BCUT2D eigenvalue weighted by atomic mass is 9.94. The molecule has 1 heterocycles. The summed E-state index contributed by atoms with van der Waals surface area (Å²) in [6.07, 6.45) is 1.12. The number of ketones is 1. The fourth-order valence-corrected chi connectivity index (χ4v) is 4.01. The van der Waals surface area contributed by atoms with E-state index < -0.39 is 17.7 Å². The van der Waals surface area contributed by atoms with Crippen LogP contribution in [0.15, 0.2) is 59.9 Å². The number of aryl methyl sites for hydroxylation is 1. The van der Waals surface area contributed by atoms with Crippen LogP contribution in [0, 0.1) is 0 Å². The van der Waals surface area contributed by atoms with Crippen LogP contribution in [0.2, 0.25) is 0 Å². The maximum absolute atomic E-state index is 13.0. The molecule has 1 atom stereocenters. The van der Waals surface area contributed by atoms with Gasteiger partial charge in [-0.1, -0.05) is 38.1 Å². The van der Waals surface area contributed by atoms with Crippen LogP contribution in [0.1, 0.15) is 51.3 Å². The number of nitrogens with zero attached hydrogens (tertiary/aromatic N) is 2. The van der Waals surface area contributed by atoms with Crippen LogP contribution in [0.25, 0.3) is 0 Å². The molecule has 0 saturated carbocycles. The highest BCUT2D eigenvalue weighted by Crippen LogP contribution is 2.41. The molecule has 158 valence electrons. The molecule has 1 aliphatic heterocycles. The number of carbonyl (C=O) groups is 2. The summed E-state index contributed by atoms with van der Waals surface area (Å²) in [5, 5.41) is 10.6. The van der Waals surface area contributed by atoms with Crippen LogP contribution in [-0.4, -0.2) is 29.9 Å². The molecule has 0 spiro atoms. The molecule has 5 nitrogen and oxygen atoms in total. The lowest BCUT2D eigenvalue weighted by Gasteiger charge is -2.28. The monoisotopic (exact) mass is 406 g/mol. The molecule has 0 aromatic heterocycles. The molecule has 0 saturated heterocycles. The van der Waals surface area contributed by atoms with Crippen molar-refractivity contribution in [1.29, 1.82) is 0 Å². The first kappa shape index (κ1) is 21.6. The summed E-state index contributed by atoms with van der Waals surface area (Å²) in [4.78, 5) is 29.5. The molecule has 1 unspecified atom stereocenters. The zero-order valence-electron chi connectivity index (χ0n) is 18.2. The predicted molar refractivity (Wildman–Crippen MR) is 121 cm³/mol. The van der Waals surface area contributed by atoms with E-state index in [0.717, 1.165) is 36.3 Å². The quantitative estimate of drug-likeness (QED) is 0.672. The van der Waals surface area contributed by atoms with Gasteiger partial charge in [-0.05, 0) is 55.7 Å². The first-order valence-corrected chi connectivity index (χ1v) is 10.7. The standard InChI is InChI=1S/C25H30N2O3/c1-5-17-9-13-20(14-10-17)27-23(22(21(28)6-2)24(29)25(27)30)18-11-15-19(16-12-18)26(7-3)8-4/h9-16,23,29H,5-8H2,1-4H3. The van der Waals surface area contributed by atoms with Gasteiger partial charge < -0.3 is 10.0 Å². The van der Waals surface area contributed by atoms with Crippen molar-refractivity contribution in [1.82, 2.24) is 0 Å². The molecule has 30 heavy (non-hydrogen) atoms. The van der Waals surface area contributed by atoms with Gasteiger partial charge in [0.1, 0.15) is 0 Å². The largest absolute Gasteiger partial charge is 0.503 e. The van der Waals surface area contributed by atoms with Crippen LogP contribution in [0.4, 0.5) is 11.4 Å². The average molecular weight is 407 g/mol. The van der Waals surface area contributed by atoms with Gasteiger partial charge in [-0.3, -0.25) is 14.5 Å². The smallest absolute Gasteiger partial charge is 0.294 e. The summed E-state index contributed by atoms with van der Waals surface area (Å²) in [5.41, 5.74) is 3.90. The normalized spacial score (nSPS) is 16.3. The second-order valence-electron chi connectivity index (χ2n) is 7.40. The minimum absolute atomic E-state index is 0.178. The number of rotatable bonds is 8. The summed E-state index contributed by atoms with van der Waals surface area (Å²) in [7, 11) is 0. The van der Waals surface area contributed by atoms with E-state index in [4.69, 9.17) is 0 Å². The Balaban J connectivity index is 2.08. The third-order valence-corrected chi connectivity index (χ3v) is 5.79. The first-order chi connectivity index (χ1) is 14.5. The van der Waals surface area contributed by atoms with Crippen molar-refractivity contribution in [3.63, 3.8) is 0 Å². The van der Waals surface area contributed by atoms with Crippen molar-refractivity contribution >= 4 is 23.1 Å². The van der Waals surface area contributed by atoms with Crippen molar-refractivity contribution in [3.8, 4) is 0 Å². The molecule has 0 aliphatic carbocycles. The van der Waals surface area contributed by atoms with Crippen molar-refractivity contribution in [3.05, 3.63) is 71.0 Å². The lowest BCUT2D eigenvalue weighted by Crippen LogP contribution is -2.31. The first-order valence-electron chi connectivity index (χ1n) is 10.7. The van der Waals surface area contributed by atoms with E-state index in [1.807, 2.05) is 48.5 Å². The van der Waals surface area contributed by atoms with Crippen LogP contribution >= 0.6 is 0 Å². The molecular formula is C25H30N2O3. The predicted octanol–water partition coefficient (Wildman–Crippen LogP) is 4.97. The number of aliphatic hydroxyl groups is 1. The summed E-state index contributed by atoms with van der Waals surface area (Å²) < 4.78 is 0. The van der Waals surface area contributed by atoms with Crippen molar-refractivity contribution < 1.29 is 14.7 Å². The van der Waals surface area contributed by atoms with Gasteiger partial charge in [0, 0.05) is 30.9 Å². The van der Waals surface area contributed by atoms with Gasteiger partial charge in [0.15, 0.2) is 11.5 Å². The number of hydrogen-bond donors (Lipinski definition) is 1. The second-order valence-corrected chi connectivity index (χ2v) is 7.40. The van der Waals surface area contributed by atoms with E-state index in [9.17, 15) is 14.7 Å². The highest BCUT2D eigenvalue weighted by molar-refractivity contribution is 6.16.